The van der Waals surface area contributed by atoms with Gasteiger partial charge in [-0.05, 0) is 19.4 Å². The lowest BCUT2D eigenvalue weighted by molar-refractivity contribution is 0.600. The van der Waals surface area contributed by atoms with E-state index in [9.17, 15) is 8.60 Å². The van der Waals surface area contributed by atoms with E-state index >= 15 is 0 Å². The van der Waals surface area contributed by atoms with Crippen molar-refractivity contribution in [3.63, 3.8) is 0 Å². The summed E-state index contributed by atoms with van der Waals surface area (Å²) in [6, 6.07) is 0.277. The molecule has 0 aliphatic carbocycles. The molecule has 1 fully saturated rings. The molecule has 1 aromatic rings. The normalized spacial score (nSPS) is 22.9. The highest BCUT2D eigenvalue weighted by molar-refractivity contribution is 7.84. The molecule has 0 unspecified atom stereocenters. The van der Waals surface area contributed by atoms with Gasteiger partial charge >= 0.3 is 0 Å². The molecule has 15 heavy (non-hydrogen) atoms. The van der Waals surface area contributed by atoms with Crippen molar-refractivity contribution in [1.29, 1.82) is 0 Å². The molecular formula is C9H12FN3OS. The summed E-state index contributed by atoms with van der Waals surface area (Å²) < 4.78 is 24.3. The fourth-order valence-electron chi connectivity index (χ4n) is 1.57. The van der Waals surface area contributed by atoms with Crippen LogP contribution in [0.1, 0.15) is 12.8 Å². The second-order valence-electron chi connectivity index (χ2n) is 3.49. The van der Waals surface area contributed by atoms with E-state index in [0.717, 1.165) is 31.8 Å². The van der Waals surface area contributed by atoms with Crippen LogP contribution in [0.4, 0.5) is 4.39 Å². The number of nitrogens with one attached hydrogen (secondary N) is 1. The molecule has 0 bridgehead atoms. The molecule has 1 N–H and O–H groups in total. The van der Waals surface area contributed by atoms with Gasteiger partial charge in [-0.15, -0.1) is 0 Å². The zero-order valence-electron chi connectivity index (χ0n) is 8.15. The van der Waals surface area contributed by atoms with Crippen LogP contribution in [0.15, 0.2) is 17.6 Å². The Kier molecular flexibility index (Phi) is 3.37. The third kappa shape index (κ3) is 2.79. The number of aromatic nitrogens is 2. The molecule has 0 radical (unpaired) electrons. The number of hydrogen-bond acceptors (Lipinski definition) is 4. The zero-order chi connectivity index (χ0) is 10.7. The van der Waals surface area contributed by atoms with Gasteiger partial charge in [0.2, 0.25) is 5.16 Å². The van der Waals surface area contributed by atoms with Crippen LogP contribution in [-0.4, -0.2) is 32.5 Å². The van der Waals surface area contributed by atoms with Gasteiger partial charge in [-0.1, -0.05) is 0 Å². The summed E-state index contributed by atoms with van der Waals surface area (Å²) in [7, 11) is -1.23. The minimum absolute atomic E-state index is 0.213. The molecule has 4 nitrogen and oxygen atoms in total. The summed E-state index contributed by atoms with van der Waals surface area (Å²) in [6.07, 6.45) is 4.24. The first-order valence-electron chi connectivity index (χ1n) is 4.85. The minimum Gasteiger partial charge on any atom is -0.313 e. The molecule has 0 aromatic carbocycles. The molecule has 0 saturated carbocycles. The van der Waals surface area contributed by atoms with Crippen molar-refractivity contribution < 1.29 is 8.60 Å². The molecule has 1 aliphatic rings. The smallest absolute Gasteiger partial charge is 0.218 e. The molecule has 2 rings (SSSR count). The summed E-state index contributed by atoms with van der Waals surface area (Å²) in [4.78, 5) is 7.41. The Balaban J connectivity index is 1.98. The highest BCUT2D eigenvalue weighted by Crippen LogP contribution is 2.09. The molecule has 1 saturated heterocycles. The topological polar surface area (TPSA) is 54.9 Å². The van der Waals surface area contributed by atoms with E-state index in [1.165, 1.54) is 0 Å². The molecule has 0 spiro atoms. The Morgan fingerprint density at radius 1 is 1.53 bits per heavy atom. The maximum Gasteiger partial charge on any atom is 0.218 e. The lowest BCUT2D eigenvalue weighted by Crippen LogP contribution is -2.28. The van der Waals surface area contributed by atoms with E-state index in [1.54, 1.807) is 0 Å². The lowest BCUT2D eigenvalue weighted by atomic mass is 10.3. The number of hydrogen-bond donors (Lipinski definition) is 1. The fraction of sp³-hybridized carbons (Fsp3) is 0.556. The van der Waals surface area contributed by atoms with Crippen molar-refractivity contribution in [1.82, 2.24) is 15.3 Å². The van der Waals surface area contributed by atoms with Gasteiger partial charge in [-0.2, -0.15) is 0 Å². The van der Waals surface area contributed by atoms with E-state index in [0.29, 0.717) is 5.75 Å². The van der Waals surface area contributed by atoms with E-state index < -0.39 is 16.6 Å². The maximum atomic E-state index is 12.5. The van der Waals surface area contributed by atoms with Crippen LogP contribution in [0.3, 0.4) is 0 Å². The predicted molar refractivity (Wildman–Crippen MR) is 54.3 cm³/mol. The van der Waals surface area contributed by atoms with Crippen molar-refractivity contribution >= 4 is 10.8 Å². The quantitative estimate of drug-likeness (QED) is 0.766. The standard InChI is InChI=1S/C9H12FN3OS/c10-7-4-12-9(13-5-7)15(14)6-8-2-1-3-11-8/h4-5,8,11H,1-3,6H2/t8-,15+/m1/s1. The van der Waals surface area contributed by atoms with Gasteiger partial charge in [0.15, 0.2) is 5.82 Å². The van der Waals surface area contributed by atoms with E-state index in [4.69, 9.17) is 0 Å². The monoisotopic (exact) mass is 229 g/mol. The molecule has 1 aliphatic heterocycles. The summed E-state index contributed by atoms with van der Waals surface area (Å²) in [5, 5.41) is 3.46. The molecule has 82 valence electrons. The Morgan fingerprint density at radius 2 is 2.27 bits per heavy atom. The third-order valence-corrected chi connectivity index (χ3v) is 3.64. The van der Waals surface area contributed by atoms with Gasteiger partial charge in [0.05, 0.1) is 23.2 Å². The summed E-state index contributed by atoms with van der Waals surface area (Å²) >= 11 is 0. The highest BCUT2D eigenvalue weighted by atomic mass is 32.2. The van der Waals surface area contributed by atoms with E-state index in [1.807, 2.05) is 0 Å². The zero-order valence-corrected chi connectivity index (χ0v) is 8.97. The van der Waals surface area contributed by atoms with Gasteiger partial charge in [-0.3, -0.25) is 4.21 Å². The first-order chi connectivity index (χ1) is 7.25. The Morgan fingerprint density at radius 3 is 2.87 bits per heavy atom. The molecule has 0 amide bonds. The minimum atomic E-state index is -1.23. The Bertz CT molecular complexity index is 351. The number of nitrogens with zero attached hydrogens (tertiary/aromatic N) is 2. The molecule has 6 heteroatoms. The summed E-state index contributed by atoms with van der Waals surface area (Å²) in [6.45, 7) is 0.978. The van der Waals surface area contributed by atoms with Gasteiger partial charge in [0.25, 0.3) is 0 Å². The molecule has 1 aromatic heterocycles. The largest absolute Gasteiger partial charge is 0.313 e. The van der Waals surface area contributed by atoms with Crippen molar-refractivity contribution in [2.24, 2.45) is 0 Å². The predicted octanol–water partition coefficient (Wildman–Crippen LogP) is 0.475. The highest BCUT2D eigenvalue weighted by Gasteiger charge is 2.18. The van der Waals surface area contributed by atoms with E-state index in [2.05, 4.69) is 15.3 Å². The van der Waals surface area contributed by atoms with Gasteiger partial charge in [0.1, 0.15) is 0 Å². The summed E-state index contributed by atoms with van der Waals surface area (Å²) in [5.41, 5.74) is 0. The van der Waals surface area contributed by atoms with Crippen LogP contribution < -0.4 is 5.32 Å². The average Bonchev–Trinajstić information content (AvgIpc) is 2.71. The van der Waals surface area contributed by atoms with Crippen molar-refractivity contribution in [3.8, 4) is 0 Å². The van der Waals surface area contributed by atoms with Crippen LogP contribution in [0, 0.1) is 5.82 Å². The van der Waals surface area contributed by atoms with Crippen molar-refractivity contribution in [2.45, 2.75) is 24.0 Å². The fourth-order valence-corrected chi connectivity index (χ4v) is 2.71. The average molecular weight is 229 g/mol. The number of rotatable bonds is 3. The van der Waals surface area contributed by atoms with Gasteiger partial charge < -0.3 is 5.32 Å². The molecular weight excluding hydrogens is 217 g/mol. The van der Waals surface area contributed by atoms with Crippen LogP contribution in [0.5, 0.6) is 0 Å². The van der Waals surface area contributed by atoms with Crippen LogP contribution in [-0.2, 0) is 10.8 Å². The summed E-state index contributed by atoms with van der Waals surface area (Å²) in [5.74, 6) is 0.000719. The van der Waals surface area contributed by atoms with Crippen molar-refractivity contribution in [2.75, 3.05) is 12.3 Å². The molecule has 2 heterocycles. The number of halogens is 1. The Labute approximate surface area is 89.8 Å². The first-order valence-corrected chi connectivity index (χ1v) is 6.17. The SMILES string of the molecule is O=[S@@](C[C@H]1CCCN1)c1ncc(F)cn1. The van der Waals surface area contributed by atoms with Crippen molar-refractivity contribution in [3.05, 3.63) is 18.2 Å². The second kappa shape index (κ2) is 4.76. The lowest BCUT2D eigenvalue weighted by Gasteiger charge is -2.07. The second-order valence-corrected chi connectivity index (χ2v) is 4.88. The molecule has 2 atom stereocenters. The Hall–Kier alpha value is -0.880. The maximum absolute atomic E-state index is 12.5. The third-order valence-electron chi connectivity index (χ3n) is 2.32. The van der Waals surface area contributed by atoms with Crippen LogP contribution >= 0.6 is 0 Å². The van der Waals surface area contributed by atoms with Gasteiger partial charge in [0, 0.05) is 11.8 Å². The van der Waals surface area contributed by atoms with Gasteiger partial charge in [-0.25, -0.2) is 14.4 Å². The van der Waals surface area contributed by atoms with Crippen LogP contribution in [0.2, 0.25) is 0 Å². The van der Waals surface area contributed by atoms with E-state index in [-0.39, 0.29) is 11.2 Å². The first kappa shape index (κ1) is 10.6. The van der Waals surface area contributed by atoms with Crippen LogP contribution in [0.25, 0.3) is 0 Å².